The van der Waals surface area contributed by atoms with Crippen molar-refractivity contribution in [2.45, 2.75) is 136 Å². The third kappa shape index (κ3) is 38.3. The van der Waals surface area contributed by atoms with E-state index in [9.17, 15) is 37.1 Å². The average molecular weight is 1030 g/mol. The number of halogens is 4. The van der Waals surface area contributed by atoms with Gasteiger partial charge < -0.3 is 25.8 Å². The van der Waals surface area contributed by atoms with Crippen LogP contribution in [0.2, 0.25) is 13.6 Å². The van der Waals surface area contributed by atoms with E-state index in [1.807, 2.05) is 54.5 Å². The molecule has 0 atom stereocenters. The fraction of sp³-hybridized carbons (Fsp3) is 0.628. The predicted molar refractivity (Wildman–Crippen MR) is 273 cm³/mol. The molecule has 0 spiro atoms. The first kappa shape index (κ1) is 78.6. The van der Waals surface area contributed by atoms with E-state index in [4.69, 9.17) is 15.2 Å². The summed E-state index contributed by atoms with van der Waals surface area (Å²) in [4.78, 5) is 57.2. The van der Waals surface area contributed by atoms with Crippen LogP contribution in [0.25, 0.3) is 0 Å². The van der Waals surface area contributed by atoms with E-state index in [1.165, 1.54) is 32.7 Å². The zero-order valence-electron chi connectivity index (χ0n) is 40.4. The van der Waals surface area contributed by atoms with E-state index < -0.39 is 23.4 Å². The monoisotopic (exact) mass is 1030 g/mol. The number of nitrogens with two attached hydrogens (primary N) is 1. The highest BCUT2D eigenvalue weighted by molar-refractivity contribution is 9.08. The third-order valence-electron chi connectivity index (χ3n) is 6.16. The average Bonchev–Trinajstić information content (AvgIpc) is 3.88. The Morgan fingerprint density at radius 2 is 0.866 bits per heavy atom. The molecule has 19 nitrogen and oxygen atoms in total. The van der Waals surface area contributed by atoms with E-state index in [0.29, 0.717) is 24.6 Å². The molecule has 4 N–H and O–H groups in total. The summed E-state index contributed by atoms with van der Waals surface area (Å²) in [5.74, 6) is 1.81. The zero-order chi connectivity index (χ0) is 51.2. The molecule has 3 rings (SSSR count). The lowest BCUT2D eigenvalue weighted by Gasteiger charge is -2.19. The molecule has 0 aromatic carbocycles. The summed E-state index contributed by atoms with van der Waals surface area (Å²) in [6, 6.07) is 0. The number of rotatable bonds is 11. The second kappa shape index (κ2) is 45.6. The number of alkyl halides is 1. The normalized spacial score (nSPS) is 10.2. The molecule has 0 saturated carbocycles. The molecule has 0 fully saturated rings. The van der Waals surface area contributed by atoms with Crippen LogP contribution >= 0.6 is 15.9 Å². The number of alkyl carbamates (subject to hydrolysis) is 2. The van der Waals surface area contributed by atoms with Crippen LogP contribution in [0.5, 0.6) is 0 Å². The van der Waals surface area contributed by atoms with Gasteiger partial charge in [0, 0.05) is 40.8 Å². The smallest absolute Gasteiger partial charge is 0.407 e. The van der Waals surface area contributed by atoms with Gasteiger partial charge in [-0.15, -0.1) is 12.8 Å². The Bertz CT molecular complexity index is 1890. The number of nitrogens with zero attached hydrogens (tertiary/aromatic N) is 9. The summed E-state index contributed by atoms with van der Waals surface area (Å²) >= 11 is 2.94. The van der Waals surface area contributed by atoms with Gasteiger partial charge in [-0.25, -0.2) is 51.2 Å². The number of hydrogen-bond acceptors (Lipinski definition) is 11. The van der Waals surface area contributed by atoms with Crippen molar-refractivity contribution in [3.63, 3.8) is 0 Å². The number of hydrogen-bond donors (Lipinski definition) is 3. The SMILES string of the molecule is C.C.C.C#C.CBr.CC.CC.C[B]C.Cn1cnn(CC(=CF)CN)c1=O.Cn1cnn(CC(=CF)CNC(=O)OC(C)(C)C)c1=O.Cn1cnn(CC(=CF)CNC(=O)OC(C)(C)C)c1=O. The van der Waals surface area contributed by atoms with E-state index in [1.54, 1.807) is 62.7 Å². The van der Waals surface area contributed by atoms with Crippen LogP contribution in [0.15, 0.2) is 69.1 Å². The number of carbonyl (C=O) groups excluding carboxylic acids is 2. The number of aromatic nitrogens is 9. The zero-order valence-corrected chi connectivity index (χ0v) is 42.0. The molecule has 2 amide bonds. The van der Waals surface area contributed by atoms with Gasteiger partial charge >= 0.3 is 29.3 Å². The van der Waals surface area contributed by atoms with Crippen molar-refractivity contribution in [1.82, 2.24) is 53.7 Å². The Balaban J connectivity index is -0.000000116. The number of ether oxygens (including phenoxy) is 2. The molecule has 0 bridgehead atoms. The molecule has 3 aromatic heterocycles. The maximum absolute atomic E-state index is 12.8. The van der Waals surface area contributed by atoms with Crippen molar-refractivity contribution in [2.75, 3.05) is 25.5 Å². The van der Waals surface area contributed by atoms with Crippen molar-refractivity contribution in [3.8, 4) is 12.8 Å². The number of nitrogens with one attached hydrogen (secondary N) is 2. The highest BCUT2D eigenvalue weighted by atomic mass is 79.9. The lowest BCUT2D eigenvalue weighted by atomic mass is 9.88. The van der Waals surface area contributed by atoms with Crippen LogP contribution in [-0.4, -0.2) is 99.2 Å². The largest absolute Gasteiger partial charge is 0.444 e. The van der Waals surface area contributed by atoms with Crippen molar-refractivity contribution >= 4 is 35.4 Å². The molecule has 0 saturated heterocycles. The second-order valence-corrected chi connectivity index (χ2v) is 13.8. The Labute approximate surface area is 407 Å². The maximum atomic E-state index is 12.8. The summed E-state index contributed by atoms with van der Waals surface area (Å²) in [6.45, 7) is 22.4. The van der Waals surface area contributed by atoms with Crippen molar-refractivity contribution in [2.24, 2.45) is 26.9 Å². The van der Waals surface area contributed by atoms with Gasteiger partial charge in [0.15, 0.2) is 0 Å². The quantitative estimate of drug-likeness (QED) is 0.0981. The molecule has 389 valence electrons. The Kier molecular flexibility index (Phi) is 53.5. The van der Waals surface area contributed by atoms with Crippen LogP contribution in [0.3, 0.4) is 0 Å². The van der Waals surface area contributed by atoms with Crippen LogP contribution < -0.4 is 33.4 Å². The molecule has 3 heterocycles. The van der Waals surface area contributed by atoms with Gasteiger partial charge in [-0.05, 0) is 64.1 Å². The molecule has 0 aliphatic carbocycles. The second-order valence-electron chi connectivity index (χ2n) is 13.8. The Morgan fingerprint density at radius 3 is 1.03 bits per heavy atom. The van der Waals surface area contributed by atoms with E-state index in [-0.39, 0.29) is 89.8 Å². The fourth-order valence-corrected chi connectivity index (χ4v) is 3.57. The van der Waals surface area contributed by atoms with Crippen LogP contribution in [0, 0.1) is 12.8 Å². The van der Waals surface area contributed by atoms with E-state index >= 15 is 0 Å². The Morgan fingerprint density at radius 1 is 0.642 bits per heavy atom. The third-order valence-corrected chi connectivity index (χ3v) is 6.16. The first-order valence-corrected chi connectivity index (χ1v) is 21.3. The topological polar surface area (TPSA) is 222 Å². The minimum atomic E-state index is -0.648. The van der Waals surface area contributed by atoms with Crippen LogP contribution in [-0.2, 0) is 50.3 Å². The predicted octanol–water partition coefficient (Wildman–Crippen LogP) is 7.32. The lowest BCUT2D eigenvalue weighted by molar-refractivity contribution is 0.0520. The van der Waals surface area contributed by atoms with Gasteiger partial charge in [0.05, 0.1) is 38.6 Å². The van der Waals surface area contributed by atoms with Crippen LogP contribution in [0.4, 0.5) is 22.8 Å². The molecule has 0 aliphatic heterocycles. The molecule has 3 aromatic rings. The van der Waals surface area contributed by atoms with Gasteiger partial charge in [-0.1, -0.05) is 79.6 Å². The first-order valence-electron chi connectivity index (χ1n) is 19.7. The fourth-order valence-electron chi connectivity index (χ4n) is 3.57. The number of aryl methyl sites for hydroxylation is 3. The summed E-state index contributed by atoms with van der Waals surface area (Å²) in [5.41, 5.74) is 3.72. The van der Waals surface area contributed by atoms with Crippen LogP contribution in [0.1, 0.15) is 91.5 Å². The van der Waals surface area contributed by atoms with Gasteiger partial charge in [0.2, 0.25) is 0 Å². The van der Waals surface area contributed by atoms with Gasteiger partial charge in [-0.3, -0.25) is 13.7 Å². The molecule has 1 radical (unpaired) electrons. The molecule has 0 aliphatic rings. The first-order chi connectivity index (χ1) is 30.1. The minimum Gasteiger partial charge on any atom is -0.444 e. The number of amides is 2. The van der Waals surface area contributed by atoms with Crippen molar-refractivity contribution in [1.29, 1.82) is 0 Å². The van der Waals surface area contributed by atoms with Gasteiger partial charge in [-0.2, -0.15) is 15.3 Å². The maximum Gasteiger partial charge on any atom is 0.407 e. The van der Waals surface area contributed by atoms with E-state index in [0.717, 1.165) is 14.0 Å². The summed E-state index contributed by atoms with van der Waals surface area (Å²) in [7, 11) is 6.67. The molecule has 24 heteroatoms. The molecular formula is C43H84BBrF3N12O7. The lowest BCUT2D eigenvalue weighted by Crippen LogP contribution is -2.34. The highest BCUT2D eigenvalue weighted by Crippen LogP contribution is 2.08. The molecule has 67 heavy (non-hydrogen) atoms. The summed E-state index contributed by atoms with van der Waals surface area (Å²) in [5, 5.41) is 16.2. The molecular weight excluding hydrogens is 944 g/mol. The van der Waals surface area contributed by atoms with E-state index in [2.05, 4.69) is 54.7 Å². The van der Waals surface area contributed by atoms with Gasteiger partial charge in [0.1, 0.15) is 37.5 Å². The minimum absolute atomic E-state index is 0. The number of terminal acetylenes is 1. The Hall–Kier alpha value is -5.57. The standard InChI is InChI=1S/2C12H19FN4O3.C7H11FN4O.C2H6B.2C2H6.C2H2.CH3Br.3CH4/c2*1-12(2,3)20-10(18)14-6-9(5-13)7-17-11(19)16(4)8-15-17;1-11-5-10-12(7(11)13)4-6(2-8)3-9;1-3-2;4*1-2;;;/h2*5,8H,6-7H2,1-4H3,(H,14,18);2,5H,3-4,9H2,1H3;1-2H3;2*1-2H3;1-2H;1H3;3*1H4. The van der Waals surface area contributed by atoms with Crippen molar-refractivity contribution < 1.29 is 32.2 Å². The highest BCUT2D eigenvalue weighted by Gasteiger charge is 2.17. The van der Waals surface area contributed by atoms with Crippen molar-refractivity contribution in [3.05, 3.63) is 86.1 Å². The summed E-state index contributed by atoms with van der Waals surface area (Å²) < 4.78 is 54.9. The number of carbonyl (C=O) groups is 2. The van der Waals surface area contributed by atoms with Gasteiger partial charge in [0.25, 0.3) is 0 Å². The molecule has 0 unspecified atom stereocenters. The summed E-state index contributed by atoms with van der Waals surface area (Å²) in [6.07, 6.45) is 11.8.